The molecular formula is C12H19N3O2. The Morgan fingerprint density at radius 1 is 1.71 bits per heavy atom. The van der Waals surface area contributed by atoms with Crippen molar-refractivity contribution in [1.82, 2.24) is 9.78 Å². The molecule has 2 heterocycles. The molecule has 0 amide bonds. The van der Waals surface area contributed by atoms with Crippen LogP contribution in [0.1, 0.15) is 48.7 Å². The van der Waals surface area contributed by atoms with E-state index in [9.17, 15) is 4.79 Å². The quantitative estimate of drug-likeness (QED) is 0.804. The summed E-state index contributed by atoms with van der Waals surface area (Å²) in [4.78, 5) is 11.9. The fraction of sp³-hybridized carbons (Fsp3) is 0.667. The van der Waals surface area contributed by atoms with Crippen molar-refractivity contribution < 1.29 is 9.53 Å². The van der Waals surface area contributed by atoms with Crippen LogP contribution in [0.25, 0.3) is 0 Å². The predicted molar refractivity (Wildman–Crippen MR) is 63.8 cm³/mol. The average molecular weight is 237 g/mol. The zero-order valence-corrected chi connectivity index (χ0v) is 10.3. The third kappa shape index (κ3) is 2.34. The number of ether oxygens (including phenoxy) is 1. The molecule has 1 atom stereocenters. The van der Waals surface area contributed by atoms with Gasteiger partial charge in [0.05, 0.1) is 18.0 Å². The molecule has 0 saturated heterocycles. The zero-order chi connectivity index (χ0) is 12.4. The highest BCUT2D eigenvalue weighted by Gasteiger charge is 2.27. The molecule has 0 bridgehead atoms. The first-order valence-corrected chi connectivity index (χ1v) is 6.10. The molecule has 2 N–H and O–H groups in total. The number of hydrogen-bond acceptors (Lipinski definition) is 4. The van der Waals surface area contributed by atoms with Gasteiger partial charge in [-0.15, -0.1) is 0 Å². The van der Waals surface area contributed by atoms with Gasteiger partial charge >= 0.3 is 5.97 Å². The Morgan fingerprint density at radius 2 is 2.47 bits per heavy atom. The first-order chi connectivity index (χ1) is 8.13. The molecule has 1 aromatic rings. The predicted octanol–water partition coefficient (Wildman–Crippen LogP) is 1.28. The second-order valence-electron chi connectivity index (χ2n) is 4.70. The van der Waals surface area contributed by atoms with Gasteiger partial charge in [0.15, 0.2) is 0 Å². The number of nitrogens with two attached hydrogens (primary N) is 1. The maximum absolute atomic E-state index is 11.9. The lowest BCUT2D eigenvalue weighted by Gasteiger charge is -2.23. The number of rotatable bonds is 3. The van der Waals surface area contributed by atoms with Crippen LogP contribution in [0, 0.1) is 0 Å². The lowest BCUT2D eigenvalue weighted by Crippen LogP contribution is -2.25. The Labute approximate surface area is 101 Å². The molecule has 1 aromatic heterocycles. The minimum atomic E-state index is -0.290. The number of nitrogens with zero attached hydrogens (tertiary/aromatic N) is 2. The lowest BCUT2D eigenvalue weighted by molar-refractivity contribution is 0.0375. The van der Waals surface area contributed by atoms with Gasteiger partial charge in [0.25, 0.3) is 0 Å². The van der Waals surface area contributed by atoms with E-state index >= 15 is 0 Å². The maximum atomic E-state index is 11.9. The number of aromatic nitrogens is 2. The SMILES string of the molecule is CC(C)OC(=O)c1cnn2c1[C@@H](CN)CCC2. The summed E-state index contributed by atoms with van der Waals surface area (Å²) in [5.74, 6) is -0.0671. The smallest absolute Gasteiger partial charge is 0.341 e. The summed E-state index contributed by atoms with van der Waals surface area (Å²) in [7, 11) is 0. The van der Waals surface area contributed by atoms with E-state index in [4.69, 9.17) is 10.5 Å². The van der Waals surface area contributed by atoms with E-state index in [-0.39, 0.29) is 18.0 Å². The Balaban J connectivity index is 2.30. The molecule has 0 saturated carbocycles. The number of esters is 1. The van der Waals surface area contributed by atoms with Crippen molar-refractivity contribution in [3.63, 3.8) is 0 Å². The van der Waals surface area contributed by atoms with Gasteiger partial charge in [-0.2, -0.15) is 5.10 Å². The monoisotopic (exact) mass is 237 g/mol. The van der Waals surface area contributed by atoms with Crippen LogP contribution in [0.3, 0.4) is 0 Å². The van der Waals surface area contributed by atoms with Crippen molar-refractivity contribution in [1.29, 1.82) is 0 Å². The number of aryl methyl sites for hydroxylation is 1. The first kappa shape index (κ1) is 12.1. The lowest BCUT2D eigenvalue weighted by atomic mass is 9.93. The number of fused-ring (bicyclic) bond motifs is 1. The van der Waals surface area contributed by atoms with E-state index in [2.05, 4.69) is 5.10 Å². The van der Waals surface area contributed by atoms with Crippen LogP contribution in [0.2, 0.25) is 0 Å². The Kier molecular flexibility index (Phi) is 3.47. The van der Waals surface area contributed by atoms with Gasteiger partial charge in [-0.25, -0.2) is 4.79 Å². The van der Waals surface area contributed by atoms with E-state index in [1.807, 2.05) is 18.5 Å². The zero-order valence-electron chi connectivity index (χ0n) is 10.3. The molecule has 0 spiro atoms. The van der Waals surface area contributed by atoms with Gasteiger partial charge in [-0.3, -0.25) is 4.68 Å². The Morgan fingerprint density at radius 3 is 3.12 bits per heavy atom. The molecule has 17 heavy (non-hydrogen) atoms. The standard InChI is InChI=1S/C12H19N3O2/c1-8(2)17-12(16)10-7-14-15-5-3-4-9(6-13)11(10)15/h7-9H,3-6,13H2,1-2H3/t9-/m1/s1. The summed E-state index contributed by atoms with van der Waals surface area (Å²) in [6, 6.07) is 0. The largest absolute Gasteiger partial charge is 0.459 e. The minimum absolute atomic E-state index is 0.113. The van der Waals surface area contributed by atoms with Crippen molar-refractivity contribution in [2.24, 2.45) is 5.73 Å². The molecular weight excluding hydrogens is 218 g/mol. The van der Waals surface area contributed by atoms with Crippen molar-refractivity contribution in [2.75, 3.05) is 6.54 Å². The second kappa shape index (κ2) is 4.87. The van der Waals surface area contributed by atoms with E-state index in [1.54, 1.807) is 6.20 Å². The van der Waals surface area contributed by atoms with Gasteiger partial charge in [-0.05, 0) is 26.7 Å². The van der Waals surface area contributed by atoms with Crippen LogP contribution < -0.4 is 5.73 Å². The fourth-order valence-corrected chi connectivity index (χ4v) is 2.29. The van der Waals surface area contributed by atoms with Gasteiger partial charge in [0, 0.05) is 19.0 Å². The summed E-state index contributed by atoms with van der Waals surface area (Å²) >= 11 is 0. The average Bonchev–Trinajstić information content (AvgIpc) is 2.71. The van der Waals surface area contributed by atoms with Crippen LogP contribution in [-0.2, 0) is 11.3 Å². The van der Waals surface area contributed by atoms with Gasteiger partial charge < -0.3 is 10.5 Å². The van der Waals surface area contributed by atoms with Crippen molar-refractivity contribution in [2.45, 2.75) is 45.3 Å². The van der Waals surface area contributed by atoms with Crippen LogP contribution in [0.4, 0.5) is 0 Å². The number of carbonyl (C=O) groups is 1. The minimum Gasteiger partial charge on any atom is -0.459 e. The normalized spacial score (nSPS) is 19.2. The van der Waals surface area contributed by atoms with Crippen LogP contribution in [0.15, 0.2) is 6.20 Å². The molecule has 0 radical (unpaired) electrons. The number of hydrogen-bond donors (Lipinski definition) is 1. The van der Waals surface area contributed by atoms with Crippen LogP contribution in [-0.4, -0.2) is 28.4 Å². The molecule has 0 aliphatic carbocycles. The molecule has 94 valence electrons. The Hall–Kier alpha value is -1.36. The molecule has 5 nitrogen and oxygen atoms in total. The van der Waals surface area contributed by atoms with Gasteiger partial charge in [0.1, 0.15) is 5.56 Å². The number of carbonyl (C=O) groups excluding carboxylic acids is 1. The summed E-state index contributed by atoms with van der Waals surface area (Å²) in [5, 5.41) is 4.24. The molecule has 0 aromatic carbocycles. The van der Waals surface area contributed by atoms with Crippen molar-refractivity contribution in [3.8, 4) is 0 Å². The van der Waals surface area contributed by atoms with Crippen LogP contribution >= 0.6 is 0 Å². The third-order valence-corrected chi connectivity index (χ3v) is 3.04. The first-order valence-electron chi connectivity index (χ1n) is 6.10. The van der Waals surface area contributed by atoms with E-state index in [0.717, 1.165) is 25.1 Å². The molecule has 0 fully saturated rings. The van der Waals surface area contributed by atoms with E-state index < -0.39 is 0 Å². The van der Waals surface area contributed by atoms with Crippen molar-refractivity contribution >= 4 is 5.97 Å². The summed E-state index contributed by atoms with van der Waals surface area (Å²) in [5.41, 5.74) is 7.28. The van der Waals surface area contributed by atoms with Gasteiger partial charge in [0.2, 0.25) is 0 Å². The second-order valence-corrected chi connectivity index (χ2v) is 4.70. The van der Waals surface area contributed by atoms with E-state index in [1.165, 1.54) is 0 Å². The van der Waals surface area contributed by atoms with E-state index in [0.29, 0.717) is 12.1 Å². The molecule has 0 unspecified atom stereocenters. The summed E-state index contributed by atoms with van der Waals surface area (Å²) in [6.45, 7) is 5.09. The molecule has 1 aliphatic heterocycles. The summed E-state index contributed by atoms with van der Waals surface area (Å²) < 4.78 is 7.11. The maximum Gasteiger partial charge on any atom is 0.341 e. The highest BCUT2D eigenvalue weighted by Crippen LogP contribution is 2.29. The molecule has 2 rings (SSSR count). The molecule has 5 heteroatoms. The molecule has 1 aliphatic rings. The third-order valence-electron chi connectivity index (χ3n) is 3.04. The highest BCUT2D eigenvalue weighted by molar-refractivity contribution is 5.90. The summed E-state index contributed by atoms with van der Waals surface area (Å²) in [6.07, 6.45) is 3.57. The highest BCUT2D eigenvalue weighted by atomic mass is 16.5. The van der Waals surface area contributed by atoms with Crippen molar-refractivity contribution in [3.05, 3.63) is 17.5 Å². The topological polar surface area (TPSA) is 70.1 Å². The van der Waals surface area contributed by atoms with Gasteiger partial charge in [-0.1, -0.05) is 0 Å². The fourth-order valence-electron chi connectivity index (χ4n) is 2.29. The Bertz CT molecular complexity index is 412. The van der Waals surface area contributed by atoms with Crippen LogP contribution in [0.5, 0.6) is 0 Å².